The predicted octanol–water partition coefficient (Wildman–Crippen LogP) is 1.49. The van der Waals surface area contributed by atoms with Gasteiger partial charge in [0.05, 0.1) is 5.92 Å². The molecule has 1 aliphatic heterocycles. The first-order valence-electron chi connectivity index (χ1n) is 6.04. The number of hydrogen-bond acceptors (Lipinski definition) is 2. The van der Waals surface area contributed by atoms with Gasteiger partial charge in [0.25, 0.3) is 0 Å². The Morgan fingerprint density at radius 2 is 2.27 bits per heavy atom. The second kappa shape index (κ2) is 5.50. The van der Waals surface area contributed by atoms with Crippen LogP contribution < -0.4 is 5.32 Å². The van der Waals surface area contributed by atoms with E-state index in [2.05, 4.69) is 26.1 Å². The van der Waals surface area contributed by atoms with E-state index in [0.29, 0.717) is 17.9 Å². The molecule has 3 nitrogen and oxygen atoms in total. The molecule has 0 bridgehead atoms. The summed E-state index contributed by atoms with van der Waals surface area (Å²) < 4.78 is 0. The fraction of sp³-hybridized carbons (Fsp3) is 0.917. The molecule has 0 saturated carbocycles. The van der Waals surface area contributed by atoms with Crippen LogP contribution in [-0.2, 0) is 4.79 Å². The van der Waals surface area contributed by atoms with Gasteiger partial charge < -0.3 is 10.2 Å². The van der Waals surface area contributed by atoms with Crippen molar-refractivity contribution in [2.45, 2.75) is 39.7 Å². The summed E-state index contributed by atoms with van der Waals surface area (Å²) in [6.07, 6.45) is 2.13. The molecule has 15 heavy (non-hydrogen) atoms. The molecule has 1 heterocycles. The summed E-state index contributed by atoms with van der Waals surface area (Å²) >= 11 is 0. The number of amides is 1. The van der Waals surface area contributed by atoms with Crippen LogP contribution in [-0.4, -0.2) is 37.0 Å². The lowest BCUT2D eigenvalue weighted by molar-refractivity contribution is -0.134. The van der Waals surface area contributed by atoms with E-state index in [1.807, 2.05) is 11.9 Å². The predicted molar refractivity (Wildman–Crippen MR) is 62.7 cm³/mol. The number of nitrogens with one attached hydrogen (secondary N) is 1. The molecule has 1 N–H and O–H groups in total. The monoisotopic (exact) mass is 212 g/mol. The maximum absolute atomic E-state index is 12.1. The molecule has 3 heteroatoms. The van der Waals surface area contributed by atoms with Gasteiger partial charge in [-0.15, -0.1) is 0 Å². The lowest BCUT2D eigenvalue weighted by Crippen LogP contribution is -2.39. The lowest BCUT2D eigenvalue weighted by atomic mass is 9.99. The highest BCUT2D eigenvalue weighted by molar-refractivity contribution is 5.79. The average Bonchev–Trinajstić information content (AvgIpc) is 2.63. The van der Waals surface area contributed by atoms with Crippen molar-refractivity contribution in [1.82, 2.24) is 10.2 Å². The first-order chi connectivity index (χ1) is 7.06. The van der Waals surface area contributed by atoms with E-state index in [1.54, 1.807) is 0 Å². The Morgan fingerprint density at radius 3 is 2.73 bits per heavy atom. The number of rotatable bonds is 4. The van der Waals surface area contributed by atoms with E-state index < -0.39 is 0 Å². The molecule has 1 fully saturated rings. The normalized spacial score (nSPS) is 27.7. The second-order valence-electron chi connectivity index (χ2n) is 4.87. The zero-order valence-corrected chi connectivity index (χ0v) is 10.4. The Bertz CT molecular complexity index is 218. The molecule has 0 aromatic carbocycles. The van der Waals surface area contributed by atoms with Crippen LogP contribution in [0.4, 0.5) is 0 Å². The highest BCUT2D eigenvalue weighted by Crippen LogP contribution is 2.18. The smallest absolute Gasteiger partial charge is 0.227 e. The molecule has 0 spiro atoms. The van der Waals surface area contributed by atoms with Crippen LogP contribution >= 0.6 is 0 Å². The molecule has 1 saturated heterocycles. The topological polar surface area (TPSA) is 32.3 Å². The van der Waals surface area contributed by atoms with Gasteiger partial charge >= 0.3 is 0 Å². The van der Waals surface area contributed by atoms with Gasteiger partial charge in [-0.3, -0.25) is 4.79 Å². The quantitative estimate of drug-likeness (QED) is 0.765. The number of nitrogens with zero attached hydrogens (tertiary/aromatic N) is 1. The van der Waals surface area contributed by atoms with Crippen LogP contribution in [0.25, 0.3) is 0 Å². The molecule has 1 amide bonds. The third-order valence-corrected chi connectivity index (χ3v) is 3.50. The van der Waals surface area contributed by atoms with Crippen LogP contribution in [0.3, 0.4) is 0 Å². The van der Waals surface area contributed by atoms with E-state index in [-0.39, 0.29) is 5.92 Å². The molecule has 0 aromatic heterocycles. The maximum Gasteiger partial charge on any atom is 0.227 e. The van der Waals surface area contributed by atoms with Gasteiger partial charge in [0, 0.05) is 19.6 Å². The van der Waals surface area contributed by atoms with E-state index in [0.717, 1.165) is 25.9 Å². The van der Waals surface area contributed by atoms with Crippen LogP contribution in [0.15, 0.2) is 0 Å². The standard InChI is InChI=1S/C12H24N2O/c1-5-9(2)8-14(4)12(15)11-6-7-13-10(11)3/h9-11,13H,5-8H2,1-4H3. The van der Waals surface area contributed by atoms with E-state index in [1.165, 1.54) is 0 Å². The second-order valence-corrected chi connectivity index (χ2v) is 4.87. The molecule has 3 atom stereocenters. The third-order valence-electron chi connectivity index (χ3n) is 3.50. The molecule has 1 aliphatic rings. The summed E-state index contributed by atoms with van der Waals surface area (Å²) in [6.45, 7) is 8.34. The van der Waals surface area contributed by atoms with Crippen molar-refractivity contribution in [2.24, 2.45) is 11.8 Å². The van der Waals surface area contributed by atoms with Crippen molar-refractivity contribution >= 4 is 5.91 Å². The van der Waals surface area contributed by atoms with Crippen molar-refractivity contribution in [3.63, 3.8) is 0 Å². The highest BCUT2D eigenvalue weighted by Gasteiger charge is 2.31. The fourth-order valence-electron chi connectivity index (χ4n) is 2.17. The van der Waals surface area contributed by atoms with Crippen molar-refractivity contribution in [2.75, 3.05) is 20.1 Å². The summed E-state index contributed by atoms with van der Waals surface area (Å²) in [4.78, 5) is 14.0. The van der Waals surface area contributed by atoms with Gasteiger partial charge in [-0.25, -0.2) is 0 Å². The molecule has 0 radical (unpaired) electrons. The van der Waals surface area contributed by atoms with Crippen molar-refractivity contribution in [3.05, 3.63) is 0 Å². The molecule has 88 valence electrons. The first-order valence-corrected chi connectivity index (χ1v) is 6.04. The molecule has 1 rings (SSSR count). The maximum atomic E-state index is 12.1. The van der Waals surface area contributed by atoms with Gasteiger partial charge in [-0.05, 0) is 25.8 Å². The van der Waals surface area contributed by atoms with Crippen molar-refractivity contribution < 1.29 is 4.79 Å². The number of hydrogen-bond donors (Lipinski definition) is 1. The Hall–Kier alpha value is -0.570. The van der Waals surface area contributed by atoms with E-state index >= 15 is 0 Å². The summed E-state index contributed by atoms with van der Waals surface area (Å²) in [6, 6.07) is 0.344. The molecular weight excluding hydrogens is 188 g/mol. The fourth-order valence-corrected chi connectivity index (χ4v) is 2.17. The number of carbonyl (C=O) groups is 1. The average molecular weight is 212 g/mol. The molecule has 0 aliphatic carbocycles. The largest absolute Gasteiger partial charge is 0.345 e. The minimum Gasteiger partial charge on any atom is -0.345 e. The Morgan fingerprint density at radius 1 is 1.60 bits per heavy atom. The zero-order valence-electron chi connectivity index (χ0n) is 10.4. The first kappa shape index (κ1) is 12.5. The zero-order chi connectivity index (χ0) is 11.4. The van der Waals surface area contributed by atoms with Gasteiger partial charge in [-0.1, -0.05) is 20.3 Å². The van der Waals surface area contributed by atoms with Crippen LogP contribution in [0, 0.1) is 11.8 Å². The minimum atomic E-state index is 0.194. The van der Waals surface area contributed by atoms with Gasteiger partial charge in [-0.2, -0.15) is 0 Å². The lowest BCUT2D eigenvalue weighted by Gasteiger charge is -2.25. The summed E-state index contributed by atoms with van der Waals surface area (Å²) in [5.41, 5.74) is 0. The van der Waals surface area contributed by atoms with Crippen LogP contribution in [0.5, 0.6) is 0 Å². The summed E-state index contributed by atoms with van der Waals surface area (Å²) in [7, 11) is 1.93. The Balaban J connectivity index is 2.45. The highest BCUT2D eigenvalue weighted by atomic mass is 16.2. The number of carbonyl (C=O) groups excluding carboxylic acids is 1. The van der Waals surface area contributed by atoms with Crippen LogP contribution in [0.1, 0.15) is 33.6 Å². The van der Waals surface area contributed by atoms with E-state index in [4.69, 9.17) is 0 Å². The van der Waals surface area contributed by atoms with Crippen molar-refractivity contribution in [1.29, 1.82) is 0 Å². The molecular formula is C12H24N2O. The summed E-state index contributed by atoms with van der Waals surface area (Å²) in [5.74, 6) is 1.11. The Labute approximate surface area is 93.2 Å². The summed E-state index contributed by atoms with van der Waals surface area (Å²) in [5, 5.41) is 3.33. The molecule has 3 unspecified atom stereocenters. The third kappa shape index (κ3) is 3.20. The van der Waals surface area contributed by atoms with Gasteiger partial charge in [0.15, 0.2) is 0 Å². The molecule has 0 aromatic rings. The van der Waals surface area contributed by atoms with Crippen molar-refractivity contribution in [3.8, 4) is 0 Å². The van der Waals surface area contributed by atoms with E-state index in [9.17, 15) is 4.79 Å². The van der Waals surface area contributed by atoms with Crippen LogP contribution in [0.2, 0.25) is 0 Å². The minimum absolute atomic E-state index is 0.194. The Kier molecular flexibility index (Phi) is 4.58. The van der Waals surface area contributed by atoms with Gasteiger partial charge in [0.1, 0.15) is 0 Å². The SMILES string of the molecule is CCC(C)CN(C)C(=O)C1CCNC1C. The van der Waals surface area contributed by atoms with Gasteiger partial charge in [0.2, 0.25) is 5.91 Å².